The number of aryl methyl sites for hydroxylation is 1. The van der Waals surface area contributed by atoms with E-state index in [1.54, 1.807) is 32.2 Å². The van der Waals surface area contributed by atoms with Gasteiger partial charge in [0.25, 0.3) is 5.56 Å². The summed E-state index contributed by atoms with van der Waals surface area (Å²) < 4.78 is 25.0. The van der Waals surface area contributed by atoms with Crippen molar-refractivity contribution in [3.63, 3.8) is 0 Å². The maximum atomic E-state index is 11.6. The molecule has 4 nitrogen and oxygen atoms in total. The molecule has 0 radical (unpaired) electrons. The van der Waals surface area contributed by atoms with E-state index in [0.717, 1.165) is 0 Å². The van der Waals surface area contributed by atoms with Crippen molar-refractivity contribution in [1.29, 1.82) is 0 Å². The van der Waals surface area contributed by atoms with Crippen LogP contribution >= 0.6 is 15.9 Å². The van der Waals surface area contributed by atoms with Crippen LogP contribution in [0.4, 0.5) is 0 Å². The lowest BCUT2D eigenvalue weighted by Gasteiger charge is -2.09. The maximum Gasteiger partial charge on any atom is 0.264 e. The molecule has 6 heteroatoms. The van der Waals surface area contributed by atoms with Crippen LogP contribution in [-0.4, -0.2) is 24.0 Å². The Hall–Kier alpha value is -0.620. The molecule has 90 valence electrons. The van der Waals surface area contributed by atoms with Gasteiger partial charge in [-0.2, -0.15) is 0 Å². The molecule has 1 heterocycles. The van der Waals surface area contributed by atoms with Crippen molar-refractivity contribution in [2.24, 2.45) is 0 Å². The SMILES string of the molecule is CC(C)S(=O)(=O)CCn1cccc(Br)c1=O. The van der Waals surface area contributed by atoms with Gasteiger partial charge in [-0.05, 0) is 41.9 Å². The number of pyridine rings is 1. The third-order valence-corrected chi connectivity index (χ3v) is 5.10. The molecule has 1 rings (SSSR count). The molecule has 0 amide bonds. The topological polar surface area (TPSA) is 56.1 Å². The highest BCUT2D eigenvalue weighted by Gasteiger charge is 2.16. The molecule has 16 heavy (non-hydrogen) atoms. The van der Waals surface area contributed by atoms with Crippen molar-refractivity contribution in [3.8, 4) is 0 Å². The minimum atomic E-state index is -3.10. The predicted octanol–water partition coefficient (Wildman–Crippen LogP) is 1.43. The van der Waals surface area contributed by atoms with Gasteiger partial charge in [-0.25, -0.2) is 8.42 Å². The van der Waals surface area contributed by atoms with Crippen LogP contribution in [0.5, 0.6) is 0 Å². The highest BCUT2D eigenvalue weighted by atomic mass is 79.9. The van der Waals surface area contributed by atoms with Gasteiger partial charge in [-0.1, -0.05) is 0 Å². The first-order valence-corrected chi connectivity index (χ1v) is 7.42. The first-order chi connectivity index (χ1) is 7.34. The molecule has 0 atom stereocenters. The number of nitrogens with zero attached hydrogens (tertiary/aromatic N) is 1. The third-order valence-electron chi connectivity index (χ3n) is 2.31. The van der Waals surface area contributed by atoms with Crippen LogP contribution in [0.25, 0.3) is 0 Å². The van der Waals surface area contributed by atoms with Gasteiger partial charge in [0, 0.05) is 12.7 Å². The molecule has 0 aromatic carbocycles. The van der Waals surface area contributed by atoms with E-state index < -0.39 is 15.1 Å². The average molecular weight is 308 g/mol. The zero-order chi connectivity index (χ0) is 12.3. The largest absolute Gasteiger partial charge is 0.314 e. The van der Waals surface area contributed by atoms with Crippen LogP contribution in [0, 0.1) is 0 Å². The average Bonchev–Trinajstić information content (AvgIpc) is 2.20. The molecule has 0 fully saturated rings. The number of rotatable bonds is 4. The molecule has 0 aliphatic rings. The van der Waals surface area contributed by atoms with Crippen LogP contribution in [0.2, 0.25) is 0 Å². The van der Waals surface area contributed by atoms with Crippen molar-refractivity contribution in [2.45, 2.75) is 25.6 Å². The monoisotopic (exact) mass is 307 g/mol. The summed E-state index contributed by atoms with van der Waals surface area (Å²) in [6.07, 6.45) is 1.59. The maximum absolute atomic E-state index is 11.6. The lowest BCUT2D eigenvalue weighted by molar-refractivity contribution is 0.578. The summed E-state index contributed by atoms with van der Waals surface area (Å²) in [5.41, 5.74) is -0.207. The zero-order valence-electron chi connectivity index (χ0n) is 9.18. The van der Waals surface area contributed by atoms with E-state index in [0.29, 0.717) is 4.47 Å². The Bertz CT molecular complexity index is 519. The van der Waals surface area contributed by atoms with E-state index >= 15 is 0 Å². The number of hydrogen-bond acceptors (Lipinski definition) is 3. The Morgan fingerprint density at radius 2 is 2.06 bits per heavy atom. The van der Waals surface area contributed by atoms with E-state index in [2.05, 4.69) is 15.9 Å². The van der Waals surface area contributed by atoms with Gasteiger partial charge in [0.05, 0.1) is 15.5 Å². The van der Waals surface area contributed by atoms with Gasteiger partial charge in [0.2, 0.25) is 0 Å². The Labute approximate surface area is 103 Å². The molecular formula is C10H14BrNO3S. The van der Waals surface area contributed by atoms with Gasteiger partial charge in [0.15, 0.2) is 9.84 Å². The summed E-state index contributed by atoms with van der Waals surface area (Å²) in [7, 11) is -3.10. The Kier molecular flexibility index (Phi) is 4.32. The number of aromatic nitrogens is 1. The van der Waals surface area contributed by atoms with Gasteiger partial charge >= 0.3 is 0 Å². The fraction of sp³-hybridized carbons (Fsp3) is 0.500. The summed E-state index contributed by atoms with van der Waals surface area (Å²) in [4.78, 5) is 11.6. The van der Waals surface area contributed by atoms with E-state index in [-0.39, 0.29) is 17.9 Å². The lowest BCUT2D eigenvalue weighted by atomic mass is 10.5. The second kappa shape index (κ2) is 5.14. The quantitative estimate of drug-likeness (QED) is 0.845. The molecule has 0 aliphatic carbocycles. The molecule has 0 aliphatic heterocycles. The number of hydrogen-bond donors (Lipinski definition) is 0. The predicted molar refractivity (Wildman–Crippen MR) is 67.3 cm³/mol. The van der Waals surface area contributed by atoms with Gasteiger partial charge in [0.1, 0.15) is 0 Å². The van der Waals surface area contributed by atoms with Gasteiger partial charge < -0.3 is 4.57 Å². The minimum Gasteiger partial charge on any atom is -0.314 e. The summed E-state index contributed by atoms with van der Waals surface area (Å²) in [6, 6.07) is 3.34. The standard InChI is InChI=1S/C10H14BrNO3S/c1-8(2)16(14,15)7-6-12-5-3-4-9(11)10(12)13/h3-5,8H,6-7H2,1-2H3. The first kappa shape index (κ1) is 13.4. The minimum absolute atomic E-state index is 0.0129. The van der Waals surface area contributed by atoms with Crippen LogP contribution in [0.3, 0.4) is 0 Å². The van der Waals surface area contributed by atoms with Crippen LogP contribution in [0.1, 0.15) is 13.8 Å². The van der Waals surface area contributed by atoms with Crippen molar-refractivity contribution < 1.29 is 8.42 Å². The lowest BCUT2D eigenvalue weighted by Crippen LogP contribution is -2.26. The van der Waals surface area contributed by atoms with Crippen molar-refractivity contribution in [1.82, 2.24) is 4.57 Å². The van der Waals surface area contributed by atoms with E-state index in [4.69, 9.17) is 0 Å². The first-order valence-electron chi connectivity index (χ1n) is 4.91. The smallest absolute Gasteiger partial charge is 0.264 e. The molecule has 0 bridgehead atoms. The molecule has 1 aromatic rings. The Balaban J connectivity index is 2.85. The van der Waals surface area contributed by atoms with Crippen LogP contribution < -0.4 is 5.56 Å². The summed E-state index contributed by atoms with van der Waals surface area (Å²) in [6.45, 7) is 3.47. The fourth-order valence-electron chi connectivity index (χ4n) is 1.14. The van der Waals surface area contributed by atoms with Gasteiger partial charge in [-0.15, -0.1) is 0 Å². The Morgan fingerprint density at radius 3 is 2.62 bits per heavy atom. The van der Waals surface area contributed by atoms with E-state index in [1.807, 2.05) is 0 Å². The normalized spacial score (nSPS) is 12.0. The molecule has 0 N–H and O–H groups in total. The molecule has 1 aromatic heterocycles. The second-order valence-electron chi connectivity index (χ2n) is 3.77. The second-order valence-corrected chi connectivity index (χ2v) is 7.30. The van der Waals surface area contributed by atoms with Crippen molar-refractivity contribution in [2.75, 3.05) is 5.75 Å². The molecule has 0 spiro atoms. The number of sulfone groups is 1. The summed E-state index contributed by atoms with van der Waals surface area (Å²) in [5, 5.41) is -0.407. The highest BCUT2D eigenvalue weighted by Crippen LogP contribution is 2.03. The van der Waals surface area contributed by atoms with Crippen LogP contribution in [0.15, 0.2) is 27.6 Å². The van der Waals surface area contributed by atoms with Crippen LogP contribution in [-0.2, 0) is 16.4 Å². The molecule has 0 saturated heterocycles. The van der Waals surface area contributed by atoms with E-state index in [1.165, 1.54) is 4.57 Å². The van der Waals surface area contributed by atoms with Gasteiger partial charge in [-0.3, -0.25) is 4.79 Å². The summed E-state index contributed by atoms with van der Waals surface area (Å²) in [5.74, 6) is -0.0129. The molecular weight excluding hydrogens is 294 g/mol. The third kappa shape index (κ3) is 3.18. The van der Waals surface area contributed by atoms with Crippen molar-refractivity contribution >= 4 is 25.8 Å². The number of halogens is 1. The zero-order valence-corrected chi connectivity index (χ0v) is 11.6. The summed E-state index contributed by atoms with van der Waals surface area (Å²) >= 11 is 3.11. The Morgan fingerprint density at radius 1 is 1.44 bits per heavy atom. The molecule has 0 unspecified atom stereocenters. The molecule has 0 saturated carbocycles. The highest BCUT2D eigenvalue weighted by molar-refractivity contribution is 9.10. The van der Waals surface area contributed by atoms with Crippen molar-refractivity contribution in [3.05, 3.63) is 33.2 Å². The van der Waals surface area contributed by atoms with E-state index in [9.17, 15) is 13.2 Å². The fourth-order valence-corrected chi connectivity index (χ4v) is 2.45.